The van der Waals surface area contributed by atoms with Crippen LogP contribution in [0.25, 0.3) is 0 Å². The molecule has 5 N–H and O–H groups in total. The van der Waals surface area contributed by atoms with Crippen molar-refractivity contribution in [2.75, 3.05) is 11.1 Å². The number of nitrogen functional groups attached to an aromatic ring is 1. The first-order chi connectivity index (χ1) is 7.04. The molecule has 0 aliphatic heterocycles. The predicted molar refractivity (Wildman–Crippen MR) is 62.7 cm³/mol. The maximum atomic E-state index is 11.2. The third-order valence-electron chi connectivity index (χ3n) is 2.32. The van der Waals surface area contributed by atoms with Gasteiger partial charge in [-0.25, -0.2) is 0 Å². The van der Waals surface area contributed by atoms with E-state index in [0.29, 0.717) is 17.3 Å². The predicted octanol–water partition coefficient (Wildman–Crippen LogP) is 1.58. The van der Waals surface area contributed by atoms with Gasteiger partial charge < -0.3 is 16.8 Å². The molecule has 0 fully saturated rings. The molecule has 0 spiro atoms. The summed E-state index contributed by atoms with van der Waals surface area (Å²) in [5.41, 5.74) is 12.6. The minimum absolute atomic E-state index is 0.298. The highest BCUT2D eigenvalue weighted by Crippen LogP contribution is 2.19. The SMILES string of the molecule is CC[C@@H](C)Nc1ccc(N)cc1C(N)=O. The number of hydrogen-bond donors (Lipinski definition) is 3. The lowest BCUT2D eigenvalue weighted by molar-refractivity contribution is 0.100. The maximum Gasteiger partial charge on any atom is 0.250 e. The fourth-order valence-electron chi connectivity index (χ4n) is 1.26. The van der Waals surface area contributed by atoms with Crippen molar-refractivity contribution >= 4 is 17.3 Å². The monoisotopic (exact) mass is 207 g/mol. The number of nitrogens with one attached hydrogen (secondary N) is 1. The third-order valence-corrected chi connectivity index (χ3v) is 2.32. The number of primary amides is 1. The van der Waals surface area contributed by atoms with Gasteiger partial charge >= 0.3 is 0 Å². The quantitative estimate of drug-likeness (QED) is 0.655. The molecule has 82 valence electrons. The van der Waals surface area contributed by atoms with Gasteiger partial charge in [0, 0.05) is 17.4 Å². The molecule has 1 aromatic rings. The Morgan fingerprint density at radius 2 is 2.20 bits per heavy atom. The molecule has 1 atom stereocenters. The topological polar surface area (TPSA) is 81.1 Å². The molecule has 0 saturated heterocycles. The number of anilines is 2. The van der Waals surface area contributed by atoms with Crippen molar-refractivity contribution in [2.45, 2.75) is 26.3 Å². The average molecular weight is 207 g/mol. The third kappa shape index (κ3) is 2.87. The van der Waals surface area contributed by atoms with Crippen LogP contribution < -0.4 is 16.8 Å². The van der Waals surface area contributed by atoms with Crippen LogP contribution in [-0.2, 0) is 0 Å². The smallest absolute Gasteiger partial charge is 0.250 e. The van der Waals surface area contributed by atoms with E-state index in [0.717, 1.165) is 12.1 Å². The number of amides is 1. The van der Waals surface area contributed by atoms with E-state index < -0.39 is 5.91 Å². The van der Waals surface area contributed by atoms with Crippen molar-refractivity contribution in [1.29, 1.82) is 0 Å². The Labute approximate surface area is 89.6 Å². The fraction of sp³-hybridized carbons (Fsp3) is 0.364. The molecule has 4 heteroatoms. The van der Waals surface area contributed by atoms with Gasteiger partial charge in [0.1, 0.15) is 0 Å². The van der Waals surface area contributed by atoms with Crippen LogP contribution in [0.5, 0.6) is 0 Å². The normalized spacial score (nSPS) is 12.1. The molecule has 0 radical (unpaired) electrons. The van der Waals surface area contributed by atoms with Gasteiger partial charge in [-0.05, 0) is 31.5 Å². The van der Waals surface area contributed by atoms with E-state index in [1.165, 1.54) is 0 Å². The zero-order valence-corrected chi connectivity index (χ0v) is 9.08. The number of hydrogen-bond acceptors (Lipinski definition) is 3. The van der Waals surface area contributed by atoms with E-state index in [2.05, 4.69) is 12.2 Å². The summed E-state index contributed by atoms with van der Waals surface area (Å²) in [5.74, 6) is -0.465. The Balaban J connectivity index is 3.01. The highest BCUT2D eigenvalue weighted by atomic mass is 16.1. The largest absolute Gasteiger partial charge is 0.399 e. The van der Waals surface area contributed by atoms with Crippen LogP contribution in [0.3, 0.4) is 0 Å². The van der Waals surface area contributed by atoms with Gasteiger partial charge in [0.05, 0.1) is 5.56 Å². The minimum Gasteiger partial charge on any atom is -0.399 e. The number of nitrogens with two attached hydrogens (primary N) is 2. The Kier molecular flexibility index (Phi) is 3.55. The van der Waals surface area contributed by atoms with Crippen LogP contribution in [-0.4, -0.2) is 11.9 Å². The van der Waals surface area contributed by atoms with Gasteiger partial charge in [0.15, 0.2) is 0 Å². The second-order valence-electron chi connectivity index (χ2n) is 3.62. The molecule has 0 aromatic heterocycles. The zero-order chi connectivity index (χ0) is 11.4. The highest BCUT2D eigenvalue weighted by Gasteiger charge is 2.09. The minimum atomic E-state index is -0.465. The van der Waals surface area contributed by atoms with Crippen molar-refractivity contribution in [3.05, 3.63) is 23.8 Å². The van der Waals surface area contributed by atoms with E-state index in [-0.39, 0.29) is 0 Å². The fourth-order valence-corrected chi connectivity index (χ4v) is 1.26. The summed E-state index contributed by atoms with van der Waals surface area (Å²) in [6.07, 6.45) is 0.975. The van der Waals surface area contributed by atoms with Crippen LogP contribution in [0.15, 0.2) is 18.2 Å². The zero-order valence-electron chi connectivity index (χ0n) is 9.08. The van der Waals surface area contributed by atoms with Gasteiger partial charge in [-0.2, -0.15) is 0 Å². The second kappa shape index (κ2) is 4.68. The standard InChI is InChI=1S/C11H17N3O/c1-3-7(2)14-10-5-4-8(12)6-9(10)11(13)15/h4-7,14H,3,12H2,1-2H3,(H2,13,15)/t7-/m1/s1. The van der Waals surface area contributed by atoms with Crippen LogP contribution in [0.2, 0.25) is 0 Å². The Morgan fingerprint density at radius 3 is 2.73 bits per heavy atom. The molecule has 0 saturated carbocycles. The van der Waals surface area contributed by atoms with Gasteiger partial charge in [-0.1, -0.05) is 6.92 Å². The molecule has 15 heavy (non-hydrogen) atoms. The first kappa shape index (κ1) is 11.4. The molecule has 1 aromatic carbocycles. The maximum absolute atomic E-state index is 11.2. The van der Waals surface area contributed by atoms with E-state index >= 15 is 0 Å². The summed E-state index contributed by atoms with van der Waals surface area (Å²) in [5, 5.41) is 3.21. The van der Waals surface area contributed by atoms with Crippen molar-refractivity contribution in [3.8, 4) is 0 Å². The van der Waals surface area contributed by atoms with Gasteiger partial charge in [-0.15, -0.1) is 0 Å². The van der Waals surface area contributed by atoms with Gasteiger partial charge in [-0.3, -0.25) is 4.79 Å². The van der Waals surface area contributed by atoms with Crippen LogP contribution in [0, 0.1) is 0 Å². The van der Waals surface area contributed by atoms with E-state index in [4.69, 9.17) is 11.5 Å². The molecule has 0 heterocycles. The second-order valence-corrected chi connectivity index (χ2v) is 3.62. The van der Waals surface area contributed by atoms with E-state index in [1.807, 2.05) is 6.92 Å². The van der Waals surface area contributed by atoms with Crippen molar-refractivity contribution in [1.82, 2.24) is 0 Å². The Hall–Kier alpha value is -1.71. The highest BCUT2D eigenvalue weighted by molar-refractivity contribution is 5.99. The van der Waals surface area contributed by atoms with E-state index in [1.54, 1.807) is 18.2 Å². The van der Waals surface area contributed by atoms with Gasteiger partial charge in [0.25, 0.3) is 5.91 Å². The number of rotatable bonds is 4. The molecule has 0 bridgehead atoms. The molecule has 4 nitrogen and oxygen atoms in total. The molecule has 1 rings (SSSR count). The summed E-state index contributed by atoms with van der Waals surface area (Å²) in [4.78, 5) is 11.2. The summed E-state index contributed by atoms with van der Waals surface area (Å²) >= 11 is 0. The molecular formula is C11H17N3O. The Morgan fingerprint density at radius 1 is 1.53 bits per heavy atom. The Bertz CT molecular complexity index is 363. The first-order valence-electron chi connectivity index (χ1n) is 5.00. The number of benzene rings is 1. The molecular weight excluding hydrogens is 190 g/mol. The summed E-state index contributed by atoms with van der Waals surface area (Å²) < 4.78 is 0. The molecule has 1 amide bonds. The van der Waals surface area contributed by atoms with Crippen molar-refractivity contribution in [2.24, 2.45) is 5.73 Å². The first-order valence-corrected chi connectivity index (χ1v) is 5.00. The molecule has 0 unspecified atom stereocenters. The van der Waals surface area contributed by atoms with E-state index in [9.17, 15) is 4.79 Å². The lowest BCUT2D eigenvalue weighted by Crippen LogP contribution is -2.19. The van der Waals surface area contributed by atoms with Crippen molar-refractivity contribution < 1.29 is 4.79 Å². The van der Waals surface area contributed by atoms with Crippen LogP contribution in [0.1, 0.15) is 30.6 Å². The summed E-state index contributed by atoms with van der Waals surface area (Å²) in [6.45, 7) is 4.11. The van der Waals surface area contributed by atoms with Crippen LogP contribution in [0.4, 0.5) is 11.4 Å². The number of carbonyl (C=O) groups excluding carboxylic acids is 1. The van der Waals surface area contributed by atoms with Gasteiger partial charge in [0.2, 0.25) is 0 Å². The van der Waals surface area contributed by atoms with Crippen LogP contribution >= 0.6 is 0 Å². The average Bonchev–Trinajstić information content (AvgIpc) is 2.20. The molecule has 0 aliphatic carbocycles. The number of carbonyl (C=O) groups is 1. The molecule has 0 aliphatic rings. The van der Waals surface area contributed by atoms with Crippen molar-refractivity contribution in [3.63, 3.8) is 0 Å². The lowest BCUT2D eigenvalue weighted by atomic mass is 10.1. The lowest BCUT2D eigenvalue weighted by Gasteiger charge is -2.15. The summed E-state index contributed by atoms with van der Waals surface area (Å²) in [6, 6.07) is 5.41. The summed E-state index contributed by atoms with van der Waals surface area (Å²) in [7, 11) is 0.